The summed E-state index contributed by atoms with van der Waals surface area (Å²) in [4.78, 5) is 10.7. The molecule has 1 aromatic carbocycles. The molecule has 0 aliphatic carbocycles. The Kier molecular flexibility index (Phi) is 4.47. The molecular weight excluding hydrogens is 261 g/mol. The van der Waals surface area contributed by atoms with E-state index in [1.165, 1.54) is 12.1 Å². The first-order valence-corrected chi connectivity index (χ1v) is 6.27. The first-order valence-electron chi connectivity index (χ1n) is 6.27. The zero-order valence-electron chi connectivity index (χ0n) is 11.1. The molecule has 0 radical (unpaired) electrons. The van der Waals surface area contributed by atoms with E-state index in [0.29, 0.717) is 12.1 Å². The van der Waals surface area contributed by atoms with E-state index in [1.54, 1.807) is 10.7 Å². The normalized spacial score (nSPS) is 10.7. The van der Waals surface area contributed by atoms with Crippen LogP contribution in [-0.2, 0) is 20.0 Å². The number of aromatic nitrogens is 2. The minimum atomic E-state index is -1.25. The molecule has 0 aliphatic rings. The maximum Gasteiger partial charge on any atom is 0.338 e. The highest BCUT2D eigenvalue weighted by atomic mass is 19.1. The fraction of sp³-hybridized carbons (Fsp3) is 0.286. The van der Waals surface area contributed by atoms with Gasteiger partial charge in [-0.05, 0) is 23.8 Å². The van der Waals surface area contributed by atoms with Crippen molar-refractivity contribution in [3.05, 3.63) is 53.1 Å². The summed E-state index contributed by atoms with van der Waals surface area (Å²) in [6.45, 7) is 1.21. The van der Waals surface area contributed by atoms with Gasteiger partial charge < -0.3 is 10.4 Å². The minimum absolute atomic E-state index is 0.303. The van der Waals surface area contributed by atoms with Crippen LogP contribution in [0, 0.1) is 5.82 Å². The van der Waals surface area contributed by atoms with Crippen molar-refractivity contribution in [3.63, 3.8) is 0 Å². The highest BCUT2D eigenvalue weighted by molar-refractivity contribution is 5.87. The number of carboxylic acids is 1. The first-order chi connectivity index (χ1) is 9.56. The van der Waals surface area contributed by atoms with Gasteiger partial charge in [-0.3, -0.25) is 4.68 Å². The maximum absolute atomic E-state index is 13.5. The Morgan fingerprint density at radius 3 is 2.85 bits per heavy atom. The Balaban J connectivity index is 1.82. The second-order valence-corrected chi connectivity index (χ2v) is 4.53. The predicted molar refractivity (Wildman–Crippen MR) is 72.0 cm³/mol. The molecule has 5 nitrogen and oxygen atoms in total. The molecule has 106 valence electrons. The highest BCUT2D eigenvalue weighted by Gasteiger charge is 2.09. The molecule has 20 heavy (non-hydrogen) atoms. The molecule has 2 rings (SSSR count). The van der Waals surface area contributed by atoms with Crippen molar-refractivity contribution in [2.75, 3.05) is 6.54 Å². The quantitative estimate of drug-likeness (QED) is 0.787. The second kappa shape index (κ2) is 6.29. The van der Waals surface area contributed by atoms with Gasteiger partial charge in [0.1, 0.15) is 5.82 Å². The Morgan fingerprint density at radius 1 is 1.45 bits per heavy atom. The third-order valence-electron chi connectivity index (χ3n) is 2.92. The van der Waals surface area contributed by atoms with E-state index >= 15 is 0 Å². The Morgan fingerprint density at radius 2 is 2.25 bits per heavy atom. The van der Waals surface area contributed by atoms with Crippen LogP contribution in [-0.4, -0.2) is 27.4 Å². The van der Waals surface area contributed by atoms with Gasteiger partial charge >= 0.3 is 5.97 Å². The first kappa shape index (κ1) is 14.2. The lowest BCUT2D eigenvalue weighted by Crippen LogP contribution is -2.17. The largest absolute Gasteiger partial charge is 0.478 e. The smallest absolute Gasteiger partial charge is 0.338 e. The van der Waals surface area contributed by atoms with Crippen LogP contribution < -0.4 is 5.32 Å². The third-order valence-corrected chi connectivity index (χ3v) is 2.92. The van der Waals surface area contributed by atoms with Gasteiger partial charge in [-0.2, -0.15) is 5.10 Å². The van der Waals surface area contributed by atoms with E-state index in [1.807, 2.05) is 19.3 Å². The van der Waals surface area contributed by atoms with Crippen molar-refractivity contribution in [2.45, 2.75) is 13.0 Å². The maximum atomic E-state index is 13.5. The van der Waals surface area contributed by atoms with Crippen LogP contribution in [0.25, 0.3) is 0 Å². The number of aryl methyl sites for hydroxylation is 1. The van der Waals surface area contributed by atoms with Crippen LogP contribution in [0.15, 0.2) is 30.5 Å². The summed E-state index contributed by atoms with van der Waals surface area (Å²) in [7, 11) is 1.86. The number of carboxylic acid groups (broad SMARTS) is 1. The lowest BCUT2D eigenvalue weighted by Gasteiger charge is -2.05. The molecule has 0 atom stereocenters. The van der Waals surface area contributed by atoms with Crippen molar-refractivity contribution in [1.82, 2.24) is 15.1 Å². The van der Waals surface area contributed by atoms with E-state index in [2.05, 4.69) is 10.4 Å². The van der Waals surface area contributed by atoms with Gasteiger partial charge in [-0.15, -0.1) is 0 Å². The lowest BCUT2D eigenvalue weighted by atomic mass is 10.1. The number of hydrogen-bond donors (Lipinski definition) is 2. The van der Waals surface area contributed by atoms with Gasteiger partial charge in [0.05, 0.1) is 11.3 Å². The number of carbonyl (C=O) groups is 1. The monoisotopic (exact) mass is 277 g/mol. The molecule has 2 aromatic rings. The molecule has 0 unspecified atom stereocenters. The van der Waals surface area contributed by atoms with Crippen LogP contribution in [0.3, 0.4) is 0 Å². The number of nitrogens with zero attached hydrogens (tertiary/aromatic N) is 2. The summed E-state index contributed by atoms with van der Waals surface area (Å²) < 4.78 is 15.2. The van der Waals surface area contributed by atoms with E-state index in [-0.39, 0.29) is 5.56 Å². The van der Waals surface area contributed by atoms with Crippen molar-refractivity contribution in [3.8, 4) is 0 Å². The zero-order valence-corrected chi connectivity index (χ0v) is 11.1. The molecule has 2 N–H and O–H groups in total. The summed E-state index contributed by atoms with van der Waals surface area (Å²) in [5.74, 6) is -1.96. The van der Waals surface area contributed by atoms with Crippen LogP contribution in [0.5, 0.6) is 0 Å². The summed E-state index contributed by atoms with van der Waals surface area (Å²) in [5, 5.41) is 16.2. The SMILES string of the molecule is Cn1ccc(CCNCc2ccc(C(=O)O)c(F)c2)n1. The summed E-state index contributed by atoms with van der Waals surface area (Å²) in [5.41, 5.74) is 1.41. The van der Waals surface area contributed by atoms with Crippen molar-refractivity contribution in [2.24, 2.45) is 7.05 Å². The van der Waals surface area contributed by atoms with Crippen LogP contribution in [0.2, 0.25) is 0 Å². The molecule has 0 saturated heterocycles. The molecule has 1 heterocycles. The molecule has 0 aliphatic heterocycles. The van der Waals surface area contributed by atoms with Crippen LogP contribution in [0.1, 0.15) is 21.6 Å². The number of nitrogens with one attached hydrogen (secondary N) is 1. The number of benzene rings is 1. The average Bonchev–Trinajstić information content (AvgIpc) is 2.80. The summed E-state index contributed by atoms with van der Waals surface area (Å²) in [6, 6.07) is 6.09. The van der Waals surface area contributed by atoms with E-state index in [4.69, 9.17) is 5.11 Å². The van der Waals surface area contributed by atoms with Gasteiger partial charge in [0.2, 0.25) is 0 Å². The van der Waals surface area contributed by atoms with Gasteiger partial charge in [0, 0.05) is 32.8 Å². The Hall–Kier alpha value is -2.21. The topological polar surface area (TPSA) is 67.2 Å². The van der Waals surface area contributed by atoms with Crippen molar-refractivity contribution < 1.29 is 14.3 Å². The Bertz CT molecular complexity index is 610. The summed E-state index contributed by atoms with van der Waals surface area (Å²) in [6.07, 6.45) is 2.67. The number of hydrogen-bond acceptors (Lipinski definition) is 3. The van der Waals surface area contributed by atoms with Crippen LogP contribution in [0.4, 0.5) is 4.39 Å². The van der Waals surface area contributed by atoms with E-state index < -0.39 is 11.8 Å². The van der Waals surface area contributed by atoms with Gasteiger partial charge in [-0.1, -0.05) is 6.07 Å². The molecule has 0 bridgehead atoms. The standard InChI is InChI=1S/C14H16FN3O2/c1-18-7-5-11(17-18)4-6-16-9-10-2-3-12(14(19)20)13(15)8-10/h2-3,5,7-8,16H,4,6,9H2,1H3,(H,19,20). The summed E-state index contributed by atoms with van der Waals surface area (Å²) >= 11 is 0. The lowest BCUT2D eigenvalue weighted by molar-refractivity contribution is 0.0692. The van der Waals surface area contributed by atoms with E-state index in [9.17, 15) is 9.18 Å². The third kappa shape index (κ3) is 3.64. The van der Waals surface area contributed by atoms with Crippen molar-refractivity contribution >= 4 is 5.97 Å². The number of aromatic carboxylic acids is 1. The van der Waals surface area contributed by atoms with Gasteiger partial charge in [0.15, 0.2) is 0 Å². The molecule has 0 saturated carbocycles. The number of rotatable bonds is 6. The van der Waals surface area contributed by atoms with Crippen molar-refractivity contribution in [1.29, 1.82) is 0 Å². The predicted octanol–water partition coefficient (Wildman–Crippen LogP) is 1.59. The fourth-order valence-electron chi connectivity index (χ4n) is 1.89. The molecule has 0 amide bonds. The second-order valence-electron chi connectivity index (χ2n) is 4.53. The average molecular weight is 277 g/mol. The molecule has 1 aromatic heterocycles. The van der Waals surface area contributed by atoms with E-state index in [0.717, 1.165) is 18.7 Å². The Labute approximate surface area is 116 Å². The van der Waals surface area contributed by atoms with Gasteiger partial charge in [0.25, 0.3) is 0 Å². The minimum Gasteiger partial charge on any atom is -0.478 e. The molecule has 0 spiro atoms. The molecule has 6 heteroatoms. The van der Waals surface area contributed by atoms with Crippen LogP contribution >= 0.6 is 0 Å². The highest BCUT2D eigenvalue weighted by Crippen LogP contribution is 2.10. The van der Waals surface area contributed by atoms with Gasteiger partial charge in [-0.25, -0.2) is 9.18 Å². The fourth-order valence-corrected chi connectivity index (χ4v) is 1.89. The zero-order chi connectivity index (χ0) is 14.5. The molecule has 0 fully saturated rings. The number of halogens is 1. The molecular formula is C14H16FN3O2.